The first-order valence-corrected chi connectivity index (χ1v) is 13.3. The number of likely N-dealkylation sites (tertiary alicyclic amines) is 1. The highest BCUT2D eigenvalue weighted by atomic mass is 19.3. The zero-order valence-electron chi connectivity index (χ0n) is 22.2. The van der Waals surface area contributed by atoms with Gasteiger partial charge in [-0.25, -0.2) is 18.6 Å². The number of fused-ring (bicyclic) bond motifs is 1. The van der Waals surface area contributed by atoms with Gasteiger partial charge in [-0.15, -0.1) is 0 Å². The number of urea groups is 1. The molecule has 1 aromatic carbocycles. The molecule has 39 heavy (non-hydrogen) atoms. The minimum absolute atomic E-state index is 0.0139. The number of aromatic nitrogens is 2. The number of piperazine rings is 1. The van der Waals surface area contributed by atoms with Crippen LogP contribution in [0.5, 0.6) is 0 Å². The number of hydrogen-bond donors (Lipinski definition) is 2. The van der Waals surface area contributed by atoms with E-state index in [9.17, 15) is 18.4 Å². The van der Waals surface area contributed by atoms with E-state index >= 15 is 0 Å². The molecule has 3 aromatic rings. The van der Waals surface area contributed by atoms with Gasteiger partial charge in [-0.1, -0.05) is 12.1 Å². The first kappa shape index (κ1) is 25.5. The molecule has 0 unspecified atom stereocenters. The Morgan fingerprint density at radius 3 is 2.54 bits per heavy atom. The van der Waals surface area contributed by atoms with E-state index in [1.54, 1.807) is 12.3 Å². The maximum Gasteiger partial charge on any atom is 0.319 e. The summed E-state index contributed by atoms with van der Waals surface area (Å²) >= 11 is 0. The summed E-state index contributed by atoms with van der Waals surface area (Å²) in [4.78, 5) is 36.7. The lowest BCUT2D eigenvalue weighted by molar-refractivity contribution is -0.0585. The van der Waals surface area contributed by atoms with Gasteiger partial charge in [0.1, 0.15) is 11.3 Å². The summed E-state index contributed by atoms with van der Waals surface area (Å²) in [6.45, 7) is 6.02. The quantitative estimate of drug-likeness (QED) is 0.520. The van der Waals surface area contributed by atoms with Crippen molar-refractivity contribution in [2.45, 2.75) is 31.7 Å². The molecule has 4 heterocycles. The number of rotatable bonds is 5. The fourth-order valence-corrected chi connectivity index (χ4v) is 6.02. The second-order valence-corrected chi connectivity index (χ2v) is 11.4. The van der Waals surface area contributed by atoms with Crippen molar-refractivity contribution in [1.29, 1.82) is 0 Å². The minimum Gasteiger partial charge on any atom is -0.368 e. The first-order valence-electron chi connectivity index (χ1n) is 13.3. The number of carbonyl (C=O) groups excluding carboxylic acids is 2. The van der Waals surface area contributed by atoms with Gasteiger partial charge in [0.15, 0.2) is 0 Å². The van der Waals surface area contributed by atoms with Crippen molar-refractivity contribution in [3.8, 4) is 0 Å². The predicted molar refractivity (Wildman–Crippen MR) is 144 cm³/mol. The number of nitrogens with one attached hydrogen (secondary N) is 2. The lowest BCUT2D eigenvalue weighted by Gasteiger charge is -2.58. The molecule has 6 rings (SSSR count). The fraction of sp³-hybridized carbons (Fsp3) is 0.464. The monoisotopic (exact) mass is 537 g/mol. The predicted octanol–water partition coefficient (Wildman–Crippen LogP) is 3.62. The van der Waals surface area contributed by atoms with Crippen LogP contribution < -0.4 is 15.5 Å². The van der Waals surface area contributed by atoms with E-state index in [-0.39, 0.29) is 22.9 Å². The maximum atomic E-state index is 13.6. The van der Waals surface area contributed by atoms with Crippen LogP contribution in [0, 0.1) is 5.41 Å². The summed E-state index contributed by atoms with van der Waals surface area (Å²) in [5.41, 5.74) is 2.59. The van der Waals surface area contributed by atoms with Gasteiger partial charge in [-0.05, 0) is 44.2 Å². The van der Waals surface area contributed by atoms with Gasteiger partial charge in [0.2, 0.25) is 0 Å². The van der Waals surface area contributed by atoms with Crippen molar-refractivity contribution in [3.63, 3.8) is 0 Å². The molecule has 9 nitrogen and oxygen atoms in total. The fourth-order valence-electron chi connectivity index (χ4n) is 6.02. The Morgan fingerprint density at radius 1 is 1.08 bits per heavy atom. The highest BCUT2D eigenvalue weighted by Gasteiger charge is 2.54. The molecule has 3 fully saturated rings. The molecule has 2 aliphatic heterocycles. The molecule has 1 aliphatic carbocycles. The highest BCUT2D eigenvalue weighted by molar-refractivity contribution is 5.94. The molecule has 11 heteroatoms. The molecule has 0 atom stereocenters. The normalized spacial score (nSPS) is 19.6. The molecule has 2 saturated heterocycles. The molecule has 3 amide bonds. The van der Waals surface area contributed by atoms with Crippen molar-refractivity contribution >= 4 is 29.0 Å². The number of alkyl halides is 2. The maximum absolute atomic E-state index is 13.6. The van der Waals surface area contributed by atoms with Crippen molar-refractivity contribution in [3.05, 3.63) is 60.0 Å². The molecule has 3 aliphatic rings. The number of anilines is 2. The lowest BCUT2D eigenvalue weighted by atomic mass is 9.60. The lowest BCUT2D eigenvalue weighted by Crippen LogP contribution is -2.67. The Kier molecular flexibility index (Phi) is 6.21. The average Bonchev–Trinajstić information content (AvgIpc) is 3.28. The molecule has 0 radical (unpaired) electrons. The van der Waals surface area contributed by atoms with Crippen LogP contribution in [-0.2, 0) is 5.92 Å². The molecular weight excluding hydrogens is 504 g/mol. The van der Waals surface area contributed by atoms with Gasteiger partial charge in [0, 0.05) is 75.1 Å². The smallest absolute Gasteiger partial charge is 0.319 e. The van der Waals surface area contributed by atoms with E-state index < -0.39 is 12.0 Å². The summed E-state index contributed by atoms with van der Waals surface area (Å²) < 4.78 is 29.0. The van der Waals surface area contributed by atoms with E-state index in [0.717, 1.165) is 57.3 Å². The first-order chi connectivity index (χ1) is 18.6. The number of imidazole rings is 1. The van der Waals surface area contributed by atoms with Gasteiger partial charge in [-0.3, -0.25) is 9.20 Å². The van der Waals surface area contributed by atoms with Gasteiger partial charge in [-0.2, -0.15) is 0 Å². The zero-order chi connectivity index (χ0) is 27.4. The van der Waals surface area contributed by atoms with E-state index in [1.807, 2.05) is 21.6 Å². The molecule has 2 N–H and O–H groups in total. The molecule has 1 saturated carbocycles. The minimum atomic E-state index is -2.97. The van der Waals surface area contributed by atoms with Crippen LogP contribution in [-0.4, -0.2) is 83.5 Å². The number of halogens is 2. The largest absolute Gasteiger partial charge is 0.368 e. The molecule has 0 bridgehead atoms. The standard InChI is InChI=1S/C28H33F2N7O2/c1-27(29,30)19-4-3-5-20(12-19)32-26(39)33-21-13-28(14-21)17-36(18-28)25(38)23-15-31-24-7-6-22(16-37(23)24)35-10-8-34(2)9-11-35/h3-7,12,15-16,21H,8-11,13-14,17-18H2,1-2H3,(H2,32,33,39). The second kappa shape index (κ2) is 9.48. The van der Waals surface area contributed by atoms with Crippen molar-refractivity contribution < 1.29 is 18.4 Å². The third-order valence-corrected chi connectivity index (χ3v) is 8.24. The van der Waals surface area contributed by atoms with Crippen molar-refractivity contribution in [2.75, 3.05) is 56.5 Å². The van der Waals surface area contributed by atoms with Gasteiger partial charge in [0.05, 0.1) is 11.9 Å². The number of hydrogen-bond acceptors (Lipinski definition) is 5. The third kappa shape index (κ3) is 5.03. The van der Waals surface area contributed by atoms with Crippen LogP contribution in [0.3, 0.4) is 0 Å². The van der Waals surface area contributed by atoms with Gasteiger partial charge in [0.25, 0.3) is 11.8 Å². The van der Waals surface area contributed by atoms with E-state index in [4.69, 9.17) is 0 Å². The Balaban J connectivity index is 1.02. The molecule has 1 spiro atoms. The number of pyridine rings is 1. The Hall–Kier alpha value is -3.73. The number of amides is 3. The van der Waals surface area contributed by atoms with Gasteiger partial charge < -0.3 is 25.3 Å². The highest BCUT2D eigenvalue weighted by Crippen LogP contribution is 2.48. The number of carbonyl (C=O) groups is 2. The van der Waals surface area contributed by atoms with E-state index in [1.165, 1.54) is 18.2 Å². The van der Waals surface area contributed by atoms with Crippen LogP contribution in [0.25, 0.3) is 5.65 Å². The Bertz CT molecular complexity index is 1400. The second-order valence-electron chi connectivity index (χ2n) is 11.4. The summed E-state index contributed by atoms with van der Waals surface area (Å²) in [5, 5.41) is 5.57. The summed E-state index contributed by atoms with van der Waals surface area (Å²) in [6, 6.07) is 9.29. The van der Waals surface area contributed by atoms with Crippen LogP contribution in [0.2, 0.25) is 0 Å². The summed E-state index contributed by atoms with van der Waals surface area (Å²) in [6.07, 6.45) is 5.21. The average molecular weight is 538 g/mol. The number of nitrogens with zero attached hydrogens (tertiary/aromatic N) is 5. The number of benzene rings is 1. The van der Waals surface area contributed by atoms with E-state index in [0.29, 0.717) is 24.5 Å². The van der Waals surface area contributed by atoms with Crippen LogP contribution in [0.1, 0.15) is 35.8 Å². The summed E-state index contributed by atoms with van der Waals surface area (Å²) in [7, 11) is 2.13. The molecule has 206 valence electrons. The van der Waals surface area contributed by atoms with Gasteiger partial charge >= 0.3 is 6.03 Å². The third-order valence-electron chi connectivity index (χ3n) is 8.24. The topological polar surface area (TPSA) is 85.2 Å². The number of likely N-dealkylation sites (N-methyl/N-ethyl adjacent to an activating group) is 1. The summed E-state index contributed by atoms with van der Waals surface area (Å²) in [5.74, 6) is -3.01. The molecule has 2 aromatic heterocycles. The zero-order valence-corrected chi connectivity index (χ0v) is 22.2. The van der Waals surface area contributed by atoms with E-state index in [2.05, 4.69) is 38.5 Å². The van der Waals surface area contributed by atoms with Crippen molar-refractivity contribution in [2.24, 2.45) is 5.41 Å². The van der Waals surface area contributed by atoms with Crippen LogP contribution in [0.15, 0.2) is 48.8 Å². The Morgan fingerprint density at radius 2 is 1.82 bits per heavy atom. The Labute approximate surface area is 225 Å². The van der Waals surface area contributed by atoms with Crippen LogP contribution in [0.4, 0.5) is 25.0 Å². The molecular formula is C28H33F2N7O2. The van der Waals surface area contributed by atoms with Crippen molar-refractivity contribution in [1.82, 2.24) is 24.5 Å². The SMILES string of the molecule is CN1CCN(c2ccc3ncc(C(=O)N4CC5(CC(NC(=O)Nc6cccc(C(C)(F)F)c6)C5)C4)n3c2)CC1. The van der Waals surface area contributed by atoms with Crippen LogP contribution >= 0.6 is 0 Å².